The first-order valence-corrected chi connectivity index (χ1v) is 6.74. The Morgan fingerprint density at radius 3 is 2.67 bits per heavy atom. The van der Waals surface area contributed by atoms with Gasteiger partial charge in [-0.25, -0.2) is 0 Å². The Balaban J connectivity index is 2.39. The molecule has 0 atom stereocenters. The average Bonchev–Trinajstić information content (AvgIpc) is 2.75. The second kappa shape index (κ2) is 5.28. The number of rotatable bonds is 3. The fraction of sp³-hybridized carbons (Fsp3) is 0.214. The highest BCUT2D eigenvalue weighted by Gasteiger charge is 2.08. The van der Waals surface area contributed by atoms with Crippen LogP contribution in [0.15, 0.2) is 29.6 Å². The van der Waals surface area contributed by atoms with E-state index >= 15 is 0 Å². The number of nitriles is 1. The smallest absolute Gasteiger partial charge is 0.140 e. The van der Waals surface area contributed by atoms with Gasteiger partial charge < -0.3 is 4.74 Å². The van der Waals surface area contributed by atoms with Crippen molar-refractivity contribution in [3.63, 3.8) is 0 Å². The second-order valence-corrected chi connectivity index (χ2v) is 5.39. The number of nitrogens with zero attached hydrogens (tertiary/aromatic N) is 1. The molecule has 1 aromatic carbocycles. The summed E-state index contributed by atoms with van der Waals surface area (Å²) in [6.45, 7) is 3.91. The molecule has 0 saturated heterocycles. The molecule has 0 aliphatic carbocycles. The monoisotopic (exact) mass is 255 g/mol. The van der Waals surface area contributed by atoms with Crippen molar-refractivity contribution in [3.05, 3.63) is 35.2 Å². The highest BCUT2D eigenvalue weighted by molar-refractivity contribution is 7.14. The van der Waals surface area contributed by atoms with E-state index in [1.807, 2.05) is 32.0 Å². The Morgan fingerprint density at radius 2 is 2.11 bits per heavy atom. The van der Waals surface area contributed by atoms with Crippen molar-refractivity contribution in [2.45, 2.75) is 20.0 Å². The summed E-state index contributed by atoms with van der Waals surface area (Å²) in [6.07, 6.45) is 0.0759. The number of thiophene rings is 1. The van der Waals surface area contributed by atoms with Crippen LogP contribution < -0.4 is 10.2 Å². The van der Waals surface area contributed by atoms with Crippen LogP contribution in [0.1, 0.15) is 19.4 Å². The maximum atomic E-state index is 9.18. The van der Waals surface area contributed by atoms with E-state index in [0.717, 1.165) is 5.56 Å². The zero-order valence-corrected chi connectivity index (χ0v) is 11.5. The lowest BCUT2D eigenvalue weighted by atomic mass is 9.99. The minimum Gasteiger partial charge on any atom is -0.490 e. The summed E-state index contributed by atoms with van der Waals surface area (Å²) < 4.78 is 5.61. The molecular weight excluding hydrogens is 241 g/mol. The summed E-state index contributed by atoms with van der Waals surface area (Å²) in [4.78, 5) is 1.18. The topological polar surface area (TPSA) is 33.0 Å². The number of hydrogen-bond acceptors (Lipinski definition) is 3. The molecule has 2 aromatic rings. The lowest BCUT2D eigenvalue weighted by Crippen LogP contribution is -2.06. The fourth-order valence-corrected chi connectivity index (χ4v) is 2.61. The summed E-state index contributed by atoms with van der Waals surface area (Å²) in [5.41, 5.74) is 2.91. The largest absolute Gasteiger partial charge is 0.490 e. The highest BCUT2D eigenvalue weighted by atomic mass is 32.1. The maximum Gasteiger partial charge on any atom is 0.140 e. The quantitative estimate of drug-likeness (QED) is 0.788. The minimum absolute atomic E-state index is 0.0759. The lowest BCUT2D eigenvalue weighted by Gasteiger charge is -2.11. The van der Waals surface area contributed by atoms with Crippen LogP contribution in [0, 0.1) is 11.3 Å². The van der Waals surface area contributed by atoms with E-state index in [1.165, 1.54) is 10.3 Å². The van der Waals surface area contributed by atoms with Crippen LogP contribution >= 0.6 is 11.3 Å². The molecule has 18 heavy (non-hydrogen) atoms. The third-order valence-corrected chi connectivity index (χ3v) is 3.57. The van der Waals surface area contributed by atoms with Gasteiger partial charge in [0.15, 0.2) is 0 Å². The highest BCUT2D eigenvalue weighted by Crippen LogP contribution is 2.29. The van der Waals surface area contributed by atoms with Crippen LogP contribution in [0.2, 0.25) is 0 Å². The molecule has 0 aliphatic heterocycles. The van der Waals surface area contributed by atoms with Gasteiger partial charge in [-0.2, -0.15) is 5.26 Å². The number of benzene rings is 1. The van der Waals surface area contributed by atoms with E-state index in [0.29, 0.717) is 11.3 Å². The fourth-order valence-electron chi connectivity index (χ4n) is 1.71. The first kappa shape index (κ1) is 12.7. The Kier molecular flexibility index (Phi) is 3.73. The Morgan fingerprint density at radius 1 is 1.33 bits per heavy atom. The Bertz CT molecular complexity index is 598. The molecule has 0 spiro atoms. The molecule has 0 amide bonds. The van der Waals surface area contributed by atoms with Crippen molar-refractivity contribution in [1.82, 2.24) is 0 Å². The van der Waals surface area contributed by atoms with E-state index in [-0.39, 0.29) is 6.10 Å². The standard InChI is InChI=1S/C14H14BNOS/c1-9(2)17-13-4-3-10(5-11(13)7-16)14-6-12(15)8-18-14/h3-6,8-9H,15H2,1-2H3. The van der Waals surface area contributed by atoms with Gasteiger partial charge in [0.25, 0.3) is 0 Å². The van der Waals surface area contributed by atoms with E-state index in [4.69, 9.17) is 4.74 Å². The van der Waals surface area contributed by atoms with Gasteiger partial charge in [0.2, 0.25) is 0 Å². The van der Waals surface area contributed by atoms with E-state index in [9.17, 15) is 5.26 Å². The van der Waals surface area contributed by atoms with Crippen molar-refractivity contribution < 1.29 is 4.74 Å². The van der Waals surface area contributed by atoms with Crippen molar-refractivity contribution in [1.29, 1.82) is 5.26 Å². The van der Waals surface area contributed by atoms with Gasteiger partial charge in [-0.1, -0.05) is 5.46 Å². The second-order valence-electron chi connectivity index (χ2n) is 4.48. The summed E-state index contributed by atoms with van der Waals surface area (Å²) in [6, 6.07) is 10.1. The molecule has 0 saturated carbocycles. The summed E-state index contributed by atoms with van der Waals surface area (Å²) >= 11 is 1.69. The molecule has 0 aliphatic rings. The molecule has 2 rings (SSSR count). The van der Waals surface area contributed by atoms with Crippen LogP contribution in [-0.2, 0) is 0 Å². The van der Waals surface area contributed by atoms with E-state index in [1.54, 1.807) is 11.3 Å². The van der Waals surface area contributed by atoms with Crippen LogP contribution in [-0.4, -0.2) is 14.0 Å². The average molecular weight is 255 g/mol. The Hall–Kier alpha value is -1.73. The zero-order valence-electron chi connectivity index (χ0n) is 10.7. The molecule has 0 radical (unpaired) electrons. The first-order valence-electron chi connectivity index (χ1n) is 5.86. The summed E-state index contributed by atoms with van der Waals surface area (Å²) in [5, 5.41) is 11.3. The molecule has 0 fully saturated rings. The molecule has 0 bridgehead atoms. The van der Waals surface area contributed by atoms with Crippen LogP contribution in [0.25, 0.3) is 10.4 Å². The van der Waals surface area contributed by atoms with Gasteiger partial charge in [-0.05, 0) is 49.1 Å². The first-order chi connectivity index (χ1) is 8.60. The molecule has 1 aromatic heterocycles. The lowest BCUT2D eigenvalue weighted by molar-refractivity contribution is 0.242. The number of hydrogen-bond donors (Lipinski definition) is 0. The SMILES string of the molecule is Bc1csc(-c2ccc(OC(C)C)c(C#N)c2)c1. The molecule has 4 heteroatoms. The molecule has 0 N–H and O–H groups in total. The van der Waals surface area contributed by atoms with Crippen molar-refractivity contribution in [2.24, 2.45) is 0 Å². The summed E-state index contributed by atoms with van der Waals surface area (Å²) in [5.74, 6) is 0.657. The van der Waals surface area contributed by atoms with Gasteiger partial charge >= 0.3 is 0 Å². The van der Waals surface area contributed by atoms with Crippen molar-refractivity contribution >= 4 is 24.6 Å². The molecule has 0 unspecified atom stereocenters. The Labute approximate surface area is 112 Å². The molecule has 2 nitrogen and oxygen atoms in total. The maximum absolute atomic E-state index is 9.18. The minimum atomic E-state index is 0.0759. The van der Waals surface area contributed by atoms with Crippen LogP contribution in [0.3, 0.4) is 0 Å². The predicted molar refractivity (Wildman–Crippen MR) is 78.4 cm³/mol. The van der Waals surface area contributed by atoms with E-state index in [2.05, 4.69) is 25.4 Å². The zero-order chi connectivity index (χ0) is 13.1. The van der Waals surface area contributed by atoms with Gasteiger partial charge in [0.1, 0.15) is 19.7 Å². The van der Waals surface area contributed by atoms with E-state index < -0.39 is 0 Å². The number of ether oxygens (including phenoxy) is 1. The van der Waals surface area contributed by atoms with Gasteiger partial charge in [-0.3, -0.25) is 0 Å². The summed E-state index contributed by atoms with van der Waals surface area (Å²) in [7, 11) is 2.07. The molecule has 1 heterocycles. The van der Waals surface area contributed by atoms with Gasteiger partial charge in [0, 0.05) is 4.88 Å². The molecule has 90 valence electrons. The van der Waals surface area contributed by atoms with Gasteiger partial charge in [0.05, 0.1) is 11.7 Å². The predicted octanol–water partition coefficient (Wildman–Crippen LogP) is 2.33. The van der Waals surface area contributed by atoms with Gasteiger partial charge in [-0.15, -0.1) is 11.3 Å². The normalized spacial score (nSPS) is 10.3. The van der Waals surface area contributed by atoms with Crippen LogP contribution in [0.5, 0.6) is 5.75 Å². The third kappa shape index (κ3) is 2.74. The molecular formula is C14H14BNOS. The van der Waals surface area contributed by atoms with Crippen molar-refractivity contribution in [3.8, 4) is 22.3 Å². The van der Waals surface area contributed by atoms with Crippen molar-refractivity contribution in [2.75, 3.05) is 0 Å². The van der Waals surface area contributed by atoms with Crippen LogP contribution in [0.4, 0.5) is 0 Å². The third-order valence-electron chi connectivity index (χ3n) is 2.48.